The van der Waals surface area contributed by atoms with E-state index in [4.69, 9.17) is 4.74 Å². The Morgan fingerprint density at radius 1 is 1.26 bits per heavy atom. The molecule has 0 aliphatic carbocycles. The maximum atomic E-state index is 12.7. The SMILES string of the molecule is CCOC(=O)N1CCC(NC(=O)c2cnn(-c3ccc(Br)cc3)c2C)CC1. The average Bonchev–Trinajstić information content (AvgIpc) is 3.05. The van der Waals surface area contributed by atoms with Crippen LogP contribution < -0.4 is 5.32 Å². The molecule has 27 heavy (non-hydrogen) atoms. The number of likely N-dealkylation sites (tertiary alicyclic amines) is 1. The van der Waals surface area contributed by atoms with Crippen LogP contribution in [0, 0.1) is 6.92 Å². The lowest BCUT2D eigenvalue weighted by molar-refractivity contribution is 0.0859. The van der Waals surface area contributed by atoms with Gasteiger partial charge in [0.1, 0.15) is 0 Å². The summed E-state index contributed by atoms with van der Waals surface area (Å²) in [4.78, 5) is 26.1. The molecule has 2 aromatic rings. The van der Waals surface area contributed by atoms with E-state index >= 15 is 0 Å². The second-order valence-electron chi connectivity index (χ2n) is 6.47. The van der Waals surface area contributed by atoms with Gasteiger partial charge in [0, 0.05) is 23.6 Å². The third kappa shape index (κ3) is 4.50. The van der Waals surface area contributed by atoms with Gasteiger partial charge in [-0.1, -0.05) is 15.9 Å². The Balaban J connectivity index is 1.61. The van der Waals surface area contributed by atoms with Crippen LogP contribution >= 0.6 is 15.9 Å². The Bertz CT molecular complexity index is 811. The van der Waals surface area contributed by atoms with Crippen LogP contribution in [0.3, 0.4) is 0 Å². The van der Waals surface area contributed by atoms with E-state index in [0.29, 0.717) is 38.1 Å². The molecule has 3 rings (SSSR count). The van der Waals surface area contributed by atoms with Gasteiger partial charge in [0.2, 0.25) is 0 Å². The molecule has 144 valence electrons. The van der Waals surface area contributed by atoms with Crippen molar-refractivity contribution in [1.82, 2.24) is 20.0 Å². The molecule has 0 unspecified atom stereocenters. The highest BCUT2D eigenvalue weighted by atomic mass is 79.9. The topological polar surface area (TPSA) is 76.5 Å². The fraction of sp³-hybridized carbons (Fsp3) is 0.421. The first-order valence-corrected chi connectivity index (χ1v) is 9.82. The molecular formula is C19H23BrN4O3. The van der Waals surface area contributed by atoms with Gasteiger partial charge in [-0.25, -0.2) is 9.48 Å². The van der Waals surface area contributed by atoms with Crippen molar-refractivity contribution in [2.75, 3.05) is 19.7 Å². The normalized spacial score (nSPS) is 14.9. The lowest BCUT2D eigenvalue weighted by atomic mass is 10.0. The van der Waals surface area contributed by atoms with Crippen LogP contribution in [-0.2, 0) is 4.74 Å². The fourth-order valence-electron chi connectivity index (χ4n) is 3.16. The molecule has 1 aromatic heterocycles. The summed E-state index contributed by atoms with van der Waals surface area (Å²) in [6, 6.07) is 7.80. The van der Waals surface area contributed by atoms with Gasteiger partial charge in [-0.05, 0) is 51.0 Å². The summed E-state index contributed by atoms with van der Waals surface area (Å²) in [7, 11) is 0. The first kappa shape index (κ1) is 19.4. The van der Waals surface area contributed by atoms with Crippen molar-refractivity contribution in [2.24, 2.45) is 0 Å². The Morgan fingerprint density at radius 2 is 1.93 bits per heavy atom. The lowest BCUT2D eigenvalue weighted by Gasteiger charge is -2.31. The van der Waals surface area contributed by atoms with Crippen LogP contribution in [0.4, 0.5) is 4.79 Å². The molecule has 8 heteroatoms. The quantitative estimate of drug-likeness (QED) is 0.800. The zero-order chi connectivity index (χ0) is 19.4. The maximum Gasteiger partial charge on any atom is 0.409 e. The number of rotatable bonds is 4. The Kier molecular flexibility index (Phi) is 6.15. The van der Waals surface area contributed by atoms with Crippen LogP contribution in [0.2, 0.25) is 0 Å². The maximum absolute atomic E-state index is 12.7. The highest BCUT2D eigenvalue weighted by molar-refractivity contribution is 9.10. The van der Waals surface area contributed by atoms with Gasteiger partial charge in [0.15, 0.2) is 0 Å². The number of piperidine rings is 1. The third-order valence-corrected chi connectivity index (χ3v) is 5.21. The number of hydrogen-bond donors (Lipinski definition) is 1. The molecule has 0 saturated carbocycles. The highest BCUT2D eigenvalue weighted by Crippen LogP contribution is 2.18. The van der Waals surface area contributed by atoms with Crippen molar-refractivity contribution in [3.63, 3.8) is 0 Å². The number of nitrogens with zero attached hydrogens (tertiary/aromatic N) is 3. The number of carbonyl (C=O) groups is 2. The van der Waals surface area contributed by atoms with Gasteiger partial charge >= 0.3 is 6.09 Å². The highest BCUT2D eigenvalue weighted by Gasteiger charge is 2.25. The predicted molar refractivity (Wildman–Crippen MR) is 105 cm³/mol. The van der Waals surface area contributed by atoms with E-state index in [1.807, 2.05) is 31.2 Å². The van der Waals surface area contributed by atoms with Gasteiger partial charge in [0.25, 0.3) is 5.91 Å². The number of amides is 2. The van der Waals surface area contributed by atoms with E-state index in [0.717, 1.165) is 15.9 Å². The number of benzene rings is 1. The van der Waals surface area contributed by atoms with Gasteiger partial charge in [-0.2, -0.15) is 5.10 Å². The van der Waals surface area contributed by atoms with E-state index in [1.165, 1.54) is 0 Å². The molecular weight excluding hydrogens is 412 g/mol. The third-order valence-electron chi connectivity index (χ3n) is 4.68. The molecule has 0 radical (unpaired) electrons. The van der Waals surface area contributed by atoms with Gasteiger partial charge in [-0.15, -0.1) is 0 Å². The standard InChI is InChI=1S/C19H23BrN4O3/c1-3-27-19(26)23-10-8-15(9-11-23)22-18(25)17-12-21-24(13(17)2)16-6-4-14(20)5-7-16/h4-7,12,15H,3,8-11H2,1-2H3,(H,22,25). The van der Waals surface area contributed by atoms with Crippen molar-refractivity contribution < 1.29 is 14.3 Å². The van der Waals surface area contributed by atoms with Crippen LogP contribution in [0.15, 0.2) is 34.9 Å². The molecule has 0 atom stereocenters. The molecule has 2 amide bonds. The van der Waals surface area contributed by atoms with Crippen LogP contribution in [0.5, 0.6) is 0 Å². The van der Waals surface area contributed by atoms with Crippen molar-refractivity contribution in [2.45, 2.75) is 32.7 Å². The van der Waals surface area contributed by atoms with E-state index in [2.05, 4.69) is 26.3 Å². The minimum absolute atomic E-state index is 0.0404. The zero-order valence-electron chi connectivity index (χ0n) is 15.4. The number of nitrogens with one attached hydrogen (secondary N) is 1. The zero-order valence-corrected chi connectivity index (χ0v) is 17.0. The number of ether oxygens (including phenoxy) is 1. The molecule has 7 nitrogen and oxygen atoms in total. The van der Waals surface area contributed by atoms with E-state index in [-0.39, 0.29) is 18.0 Å². The summed E-state index contributed by atoms with van der Waals surface area (Å²) >= 11 is 3.42. The van der Waals surface area contributed by atoms with Crippen LogP contribution in [-0.4, -0.2) is 52.4 Å². The molecule has 1 saturated heterocycles. The lowest BCUT2D eigenvalue weighted by Crippen LogP contribution is -2.46. The second kappa shape index (κ2) is 8.56. The molecule has 1 fully saturated rings. The molecule has 2 heterocycles. The van der Waals surface area contributed by atoms with Gasteiger partial charge in [0.05, 0.1) is 29.7 Å². The Morgan fingerprint density at radius 3 is 2.56 bits per heavy atom. The number of aromatic nitrogens is 2. The smallest absolute Gasteiger partial charge is 0.409 e. The number of carbonyl (C=O) groups excluding carboxylic acids is 2. The Hall–Kier alpha value is -2.35. The van der Waals surface area contributed by atoms with Crippen molar-refractivity contribution in [3.8, 4) is 5.69 Å². The molecule has 0 bridgehead atoms. The summed E-state index contributed by atoms with van der Waals surface area (Å²) in [6.45, 7) is 5.22. The van der Waals surface area contributed by atoms with E-state index < -0.39 is 0 Å². The van der Waals surface area contributed by atoms with Crippen molar-refractivity contribution >= 4 is 27.9 Å². The van der Waals surface area contributed by atoms with Crippen molar-refractivity contribution in [3.05, 3.63) is 46.2 Å². The molecule has 1 N–H and O–H groups in total. The van der Waals surface area contributed by atoms with Crippen molar-refractivity contribution in [1.29, 1.82) is 0 Å². The summed E-state index contributed by atoms with van der Waals surface area (Å²) < 4.78 is 7.76. The first-order chi connectivity index (χ1) is 13.0. The van der Waals surface area contributed by atoms with Crippen LogP contribution in [0.25, 0.3) is 5.69 Å². The number of hydrogen-bond acceptors (Lipinski definition) is 4. The minimum Gasteiger partial charge on any atom is -0.450 e. The Labute approximate surface area is 166 Å². The monoisotopic (exact) mass is 434 g/mol. The summed E-state index contributed by atoms with van der Waals surface area (Å²) in [5.74, 6) is -0.134. The minimum atomic E-state index is -0.283. The number of halogens is 1. The summed E-state index contributed by atoms with van der Waals surface area (Å²) in [6.07, 6.45) is 2.74. The summed E-state index contributed by atoms with van der Waals surface area (Å²) in [5.41, 5.74) is 2.25. The fourth-order valence-corrected chi connectivity index (χ4v) is 3.42. The van der Waals surface area contributed by atoms with E-state index in [1.54, 1.807) is 22.7 Å². The van der Waals surface area contributed by atoms with Crippen LogP contribution in [0.1, 0.15) is 35.8 Å². The largest absolute Gasteiger partial charge is 0.450 e. The molecule has 1 aliphatic rings. The second-order valence-corrected chi connectivity index (χ2v) is 7.38. The predicted octanol–water partition coefficient (Wildman–Crippen LogP) is 3.29. The van der Waals surface area contributed by atoms with Gasteiger partial charge < -0.3 is 15.0 Å². The molecule has 1 aromatic carbocycles. The van der Waals surface area contributed by atoms with Gasteiger partial charge in [-0.3, -0.25) is 4.79 Å². The molecule has 1 aliphatic heterocycles. The first-order valence-electron chi connectivity index (χ1n) is 9.02. The molecule has 0 spiro atoms. The average molecular weight is 435 g/mol. The van der Waals surface area contributed by atoms with E-state index in [9.17, 15) is 9.59 Å². The summed E-state index contributed by atoms with van der Waals surface area (Å²) in [5, 5.41) is 7.42.